The third kappa shape index (κ3) is 4.82. The number of pyridine rings is 1. The highest BCUT2D eigenvalue weighted by Crippen LogP contribution is 2.45. The second kappa shape index (κ2) is 10.1. The first-order valence-electron chi connectivity index (χ1n) is 14.5. The predicted octanol–water partition coefficient (Wildman–Crippen LogP) is 3.42. The van der Waals surface area contributed by atoms with E-state index in [1.807, 2.05) is 12.1 Å². The molecule has 1 aliphatic carbocycles. The SMILES string of the molecule is O=C1c2sc(-c3nc(Nc4ccc(N5C[C@H]6C[C@@H]5CN6)nc4C4CC4)ncc3C(F)(F)F)cc2S(=O)(=O)CCN1C1COC1. The summed E-state index contributed by atoms with van der Waals surface area (Å²) in [7, 11) is -3.93. The van der Waals surface area contributed by atoms with Gasteiger partial charge in [-0.25, -0.2) is 23.4 Å². The van der Waals surface area contributed by atoms with E-state index in [4.69, 9.17) is 9.72 Å². The summed E-state index contributed by atoms with van der Waals surface area (Å²) < 4.78 is 74.1. The van der Waals surface area contributed by atoms with E-state index in [-0.39, 0.29) is 58.1 Å². The minimum Gasteiger partial charge on any atom is -0.377 e. The number of carbonyl (C=O) groups is 1. The van der Waals surface area contributed by atoms with Crippen LogP contribution in [0.4, 0.5) is 30.6 Å². The van der Waals surface area contributed by atoms with Crippen LogP contribution in [0.5, 0.6) is 0 Å². The number of aromatic nitrogens is 3. The molecule has 0 radical (unpaired) electrons. The summed E-state index contributed by atoms with van der Waals surface area (Å²) >= 11 is 0.701. The third-order valence-corrected chi connectivity index (χ3v) is 11.9. The zero-order valence-electron chi connectivity index (χ0n) is 23.3. The van der Waals surface area contributed by atoms with Gasteiger partial charge in [0.05, 0.1) is 51.9 Å². The van der Waals surface area contributed by atoms with E-state index in [0.717, 1.165) is 49.9 Å². The summed E-state index contributed by atoms with van der Waals surface area (Å²) in [6, 6.07) is 5.49. The molecule has 5 aliphatic rings. The van der Waals surface area contributed by atoms with Gasteiger partial charge < -0.3 is 25.2 Å². The number of hydrogen-bond acceptors (Lipinski definition) is 11. The molecule has 3 saturated heterocycles. The molecule has 0 spiro atoms. The van der Waals surface area contributed by atoms with Crippen LogP contribution in [-0.2, 0) is 20.8 Å². The lowest BCUT2D eigenvalue weighted by Crippen LogP contribution is -2.52. The van der Waals surface area contributed by atoms with Crippen LogP contribution in [0.1, 0.15) is 46.1 Å². The van der Waals surface area contributed by atoms with Crippen molar-refractivity contribution in [3.05, 3.63) is 40.5 Å². The van der Waals surface area contributed by atoms with E-state index in [0.29, 0.717) is 35.3 Å². The molecule has 2 atom stereocenters. The van der Waals surface area contributed by atoms with Gasteiger partial charge in [-0.2, -0.15) is 13.2 Å². The molecule has 232 valence electrons. The van der Waals surface area contributed by atoms with Crippen molar-refractivity contribution >= 4 is 44.5 Å². The van der Waals surface area contributed by atoms with Crippen molar-refractivity contribution in [1.29, 1.82) is 0 Å². The Labute approximate surface area is 254 Å². The molecule has 44 heavy (non-hydrogen) atoms. The fourth-order valence-electron chi connectivity index (χ4n) is 6.38. The molecule has 4 fully saturated rings. The minimum absolute atomic E-state index is 0.00660. The molecule has 4 aliphatic heterocycles. The standard InChI is InChI=1S/C28H28F3N7O4S2/c29-28(30,31)18-10-33-27(34-19-3-4-22(35-23(19)14-1-2-14)38-11-15-7-16(38)9-32-15)36-24(18)20-8-21-25(43-20)26(39)37(17-12-42-13-17)5-6-44(21,40)41/h3-4,8,10,14-17,32H,1-2,5-7,9,11-13H2,(H,33,34,36)/t15-,16-/m1/s1. The quantitative estimate of drug-likeness (QED) is 0.411. The number of alkyl halides is 3. The minimum atomic E-state index is -4.82. The average molecular weight is 648 g/mol. The van der Waals surface area contributed by atoms with Crippen molar-refractivity contribution in [3.8, 4) is 10.6 Å². The first kappa shape index (κ1) is 28.2. The van der Waals surface area contributed by atoms with E-state index in [9.17, 15) is 26.4 Å². The maximum Gasteiger partial charge on any atom is 0.420 e. The van der Waals surface area contributed by atoms with E-state index in [1.54, 1.807) is 0 Å². The summed E-state index contributed by atoms with van der Waals surface area (Å²) in [5.41, 5.74) is -0.180. The van der Waals surface area contributed by atoms with Gasteiger partial charge in [-0.05, 0) is 37.5 Å². The molecule has 11 nitrogen and oxygen atoms in total. The zero-order chi connectivity index (χ0) is 30.4. The molecule has 1 amide bonds. The fourth-order valence-corrected chi connectivity index (χ4v) is 9.30. The predicted molar refractivity (Wildman–Crippen MR) is 155 cm³/mol. The Hall–Kier alpha value is -3.34. The summed E-state index contributed by atoms with van der Waals surface area (Å²) in [4.78, 5) is 29.9. The van der Waals surface area contributed by atoms with E-state index in [1.165, 1.54) is 4.90 Å². The number of thiophene rings is 1. The van der Waals surface area contributed by atoms with Gasteiger partial charge in [-0.3, -0.25) is 4.79 Å². The molecule has 3 aromatic rings. The van der Waals surface area contributed by atoms with Crippen LogP contribution in [0.15, 0.2) is 29.3 Å². The van der Waals surface area contributed by atoms with Gasteiger partial charge in [0.2, 0.25) is 5.95 Å². The lowest BCUT2D eigenvalue weighted by molar-refractivity contribution is -0.137. The van der Waals surface area contributed by atoms with E-state index < -0.39 is 33.2 Å². The molecule has 0 unspecified atom stereocenters. The molecule has 2 bridgehead atoms. The Kier molecular flexibility index (Phi) is 6.45. The van der Waals surface area contributed by atoms with Crippen molar-refractivity contribution < 1.29 is 31.1 Å². The monoisotopic (exact) mass is 647 g/mol. The van der Waals surface area contributed by atoms with Crippen LogP contribution in [0.3, 0.4) is 0 Å². The summed E-state index contributed by atoms with van der Waals surface area (Å²) in [5.74, 6) is 0.170. The van der Waals surface area contributed by atoms with Crippen LogP contribution in [-0.4, -0.2) is 90.9 Å². The number of anilines is 3. The Morgan fingerprint density at radius 2 is 1.93 bits per heavy atom. The molecular weight excluding hydrogens is 619 g/mol. The Morgan fingerprint density at radius 3 is 2.59 bits per heavy atom. The van der Waals surface area contributed by atoms with Crippen LogP contribution in [0, 0.1) is 0 Å². The number of carbonyl (C=O) groups excluding carboxylic acids is 1. The lowest BCUT2D eigenvalue weighted by atomic mass is 10.2. The Morgan fingerprint density at radius 1 is 1.11 bits per heavy atom. The van der Waals surface area contributed by atoms with Gasteiger partial charge in [-0.15, -0.1) is 11.3 Å². The number of amides is 1. The van der Waals surface area contributed by atoms with Gasteiger partial charge in [0.25, 0.3) is 5.91 Å². The van der Waals surface area contributed by atoms with Gasteiger partial charge in [0, 0.05) is 43.8 Å². The summed E-state index contributed by atoms with van der Waals surface area (Å²) in [6.07, 6.45) is -1.12. The highest BCUT2D eigenvalue weighted by atomic mass is 32.2. The molecule has 2 N–H and O–H groups in total. The molecule has 16 heteroatoms. The molecule has 3 aromatic heterocycles. The van der Waals surface area contributed by atoms with Crippen LogP contribution >= 0.6 is 11.3 Å². The first-order valence-corrected chi connectivity index (χ1v) is 17.0. The average Bonchev–Trinajstić information content (AvgIpc) is 3.36. The number of rotatable bonds is 6. The number of fused-ring (bicyclic) bond motifs is 3. The van der Waals surface area contributed by atoms with Gasteiger partial charge in [-0.1, -0.05) is 0 Å². The van der Waals surface area contributed by atoms with Crippen LogP contribution in [0.25, 0.3) is 10.6 Å². The van der Waals surface area contributed by atoms with Crippen molar-refractivity contribution in [2.75, 3.05) is 48.8 Å². The number of nitrogens with zero attached hydrogens (tertiary/aromatic N) is 5. The molecule has 1 saturated carbocycles. The van der Waals surface area contributed by atoms with Crippen LogP contribution in [0.2, 0.25) is 0 Å². The highest BCUT2D eigenvalue weighted by molar-refractivity contribution is 7.91. The Balaban J connectivity index is 1.16. The fraction of sp³-hybridized carbons (Fsp3) is 0.500. The van der Waals surface area contributed by atoms with Crippen molar-refractivity contribution in [2.24, 2.45) is 0 Å². The zero-order valence-corrected chi connectivity index (χ0v) is 24.9. The van der Waals surface area contributed by atoms with Gasteiger partial charge >= 0.3 is 6.18 Å². The smallest absolute Gasteiger partial charge is 0.377 e. The largest absolute Gasteiger partial charge is 0.420 e. The number of nitrogens with one attached hydrogen (secondary N) is 2. The van der Waals surface area contributed by atoms with Crippen molar-refractivity contribution in [2.45, 2.75) is 54.4 Å². The third-order valence-electron chi connectivity index (χ3n) is 8.95. The van der Waals surface area contributed by atoms with Crippen molar-refractivity contribution in [1.82, 2.24) is 25.2 Å². The number of halogens is 3. The molecular formula is C28H28F3N7O4S2. The normalized spacial score (nSPS) is 24.8. The number of hydrogen-bond donors (Lipinski definition) is 2. The molecule has 0 aromatic carbocycles. The lowest BCUT2D eigenvalue weighted by Gasteiger charge is -2.36. The second-order valence-electron chi connectivity index (χ2n) is 11.9. The maximum absolute atomic E-state index is 14.2. The second-order valence-corrected chi connectivity index (χ2v) is 15.0. The number of sulfone groups is 1. The Bertz CT molecular complexity index is 1770. The van der Waals surface area contributed by atoms with E-state index >= 15 is 0 Å². The maximum atomic E-state index is 14.2. The first-order chi connectivity index (χ1) is 21.0. The van der Waals surface area contributed by atoms with Crippen LogP contribution < -0.4 is 15.5 Å². The number of piperazine rings is 1. The summed E-state index contributed by atoms with van der Waals surface area (Å²) in [5, 5.41) is 6.57. The molecule has 8 rings (SSSR count). The van der Waals surface area contributed by atoms with Gasteiger partial charge in [0.15, 0.2) is 9.84 Å². The summed E-state index contributed by atoms with van der Waals surface area (Å²) in [6.45, 7) is 2.36. The molecule has 7 heterocycles. The van der Waals surface area contributed by atoms with Gasteiger partial charge in [0.1, 0.15) is 16.3 Å². The van der Waals surface area contributed by atoms with Crippen molar-refractivity contribution in [3.63, 3.8) is 0 Å². The highest BCUT2D eigenvalue weighted by Gasteiger charge is 2.42. The van der Waals surface area contributed by atoms with E-state index in [2.05, 4.69) is 25.5 Å². The number of ether oxygens (including phenoxy) is 1. The topological polar surface area (TPSA) is 130 Å².